The van der Waals surface area contributed by atoms with E-state index in [4.69, 9.17) is 10.9 Å². The number of anilines is 1. The molecule has 1 saturated carbocycles. The fourth-order valence-electron chi connectivity index (χ4n) is 2.24. The molecule has 0 heterocycles. The first kappa shape index (κ1) is 15.2. The number of nitrogens with two attached hydrogens (primary N) is 1. The van der Waals surface area contributed by atoms with E-state index in [1.807, 2.05) is 12.1 Å². The third-order valence-electron chi connectivity index (χ3n) is 3.60. The first-order chi connectivity index (χ1) is 9.52. The number of halogens is 1. The van der Waals surface area contributed by atoms with Crippen LogP contribution in [0.3, 0.4) is 0 Å². The summed E-state index contributed by atoms with van der Waals surface area (Å²) in [5.74, 6) is 0.837. The summed E-state index contributed by atoms with van der Waals surface area (Å²) in [6.45, 7) is 5.58. The number of hydrogen-bond acceptors (Lipinski definition) is 3. The molecule has 0 saturated heterocycles. The molecule has 5 heteroatoms. The molecule has 1 aromatic carbocycles. The minimum atomic E-state index is 0.136. The SMILES string of the molecule is CC(C)CCN(c1ccc(/C(N)=N/O)cc1Br)C1CC1. The molecular formula is C15H22BrN3O. The van der Waals surface area contributed by atoms with Crippen LogP contribution in [0, 0.1) is 5.92 Å². The minimum Gasteiger partial charge on any atom is -0.409 e. The zero-order chi connectivity index (χ0) is 14.7. The average Bonchev–Trinajstić information content (AvgIpc) is 3.23. The minimum absolute atomic E-state index is 0.136. The van der Waals surface area contributed by atoms with Crippen molar-refractivity contribution >= 4 is 27.5 Å². The Balaban J connectivity index is 2.20. The summed E-state index contributed by atoms with van der Waals surface area (Å²) in [5, 5.41) is 11.8. The third kappa shape index (κ3) is 3.66. The summed E-state index contributed by atoms with van der Waals surface area (Å²) in [6.07, 6.45) is 3.73. The lowest BCUT2D eigenvalue weighted by Gasteiger charge is -2.27. The largest absolute Gasteiger partial charge is 0.409 e. The molecule has 0 amide bonds. The molecule has 0 unspecified atom stereocenters. The Morgan fingerprint density at radius 3 is 2.70 bits per heavy atom. The second kappa shape index (κ2) is 6.48. The highest BCUT2D eigenvalue weighted by atomic mass is 79.9. The van der Waals surface area contributed by atoms with E-state index in [1.165, 1.54) is 24.9 Å². The molecule has 1 aliphatic rings. The van der Waals surface area contributed by atoms with Gasteiger partial charge in [0.15, 0.2) is 5.84 Å². The van der Waals surface area contributed by atoms with E-state index in [9.17, 15) is 0 Å². The van der Waals surface area contributed by atoms with Crippen molar-refractivity contribution in [1.29, 1.82) is 0 Å². The van der Waals surface area contributed by atoms with Gasteiger partial charge in [-0.15, -0.1) is 0 Å². The Morgan fingerprint density at radius 1 is 1.50 bits per heavy atom. The number of benzene rings is 1. The maximum absolute atomic E-state index is 8.74. The van der Waals surface area contributed by atoms with E-state index < -0.39 is 0 Å². The Hall–Kier alpha value is -1.23. The van der Waals surface area contributed by atoms with Gasteiger partial charge in [0.2, 0.25) is 0 Å². The molecule has 1 aromatic rings. The number of oxime groups is 1. The monoisotopic (exact) mass is 339 g/mol. The molecule has 3 N–H and O–H groups in total. The lowest BCUT2D eigenvalue weighted by Crippen LogP contribution is -2.28. The zero-order valence-corrected chi connectivity index (χ0v) is 13.6. The molecule has 110 valence electrons. The van der Waals surface area contributed by atoms with E-state index >= 15 is 0 Å². The van der Waals surface area contributed by atoms with Crippen molar-refractivity contribution in [2.45, 2.75) is 39.2 Å². The highest BCUT2D eigenvalue weighted by Crippen LogP contribution is 2.36. The summed E-state index contributed by atoms with van der Waals surface area (Å²) in [7, 11) is 0. The maximum atomic E-state index is 8.74. The summed E-state index contributed by atoms with van der Waals surface area (Å²) >= 11 is 3.61. The van der Waals surface area contributed by atoms with Crippen LogP contribution in [-0.4, -0.2) is 23.6 Å². The van der Waals surface area contributed by atoms with Crippen LogP contribution in [0.5, 0.6) is 0 Å². The van der Waals surface area contributed by atoms with Crippen molar-refractivity contribution in [2.75, 3.05) is 11.4 Å². The summed E-state index contributed by atoms with van der Waals surface area (Å²) in [4.78, 5) is 2.47. The highest BCUT2D eigenvalue weighted by Gasteiger charge is 2.30. The van der Waals surface area contributed by atoms with Crippen LogP contribution in [0.15, 0.2) is 27.8 Å². The lowest BCUT2D eigenvalue weighted by atomic mass is 10.1. The predicted octanol–water partition coefficient (Wildman–Crippen LogP) is 3.56. The van der Waals surface area contributed by atoms with Crippen LogP contribution < -0.4 is 10.6 Å². The van der Waals surface area contributed by atoms with Crippen molar-refractivity contribution in [2.24, 2.45) is 16.8 Å². The van der Waals surface area contributed by atoms with Crippen LogP contribution in [-0.2, 0) is 0 Å². The lowest BCUT2D eigenvalue weighted by molar-refractivity contribution is 0.318. The van der Waals surface area contributed by atoms with Gasteiger partial charge in [0.05, 0.1) is 5.69 Å². The van der Waals surface area contributed by atoms with Gasteiger partial charge in [0.25, 0.3) is 0 Å². The topological polar surface area (TPSA) is 61.8 Å². The van der Waals surface area contributed by atoms with Gasteiger partial charge in [-0.3, -0.25) is 0 Å². The summed E-state index contributed by atoms with van der Waals surface area (Å²) in [5.41, 5.74) is 7.55. The first-order valence-corrected chi connectivity index (χ1v) is 7.86. The molecular weight excluding hydrogens is 318 g/mol. The van der Waals surface area contributed by atoms with E-state index in [0.717, 1.165) is 16.6 Å². The third-order valence-corrected chi connectivity index (χ3v) is 4.23. The molecule has 0 aliphatic heterocycles. The van der Waals surface area contributed by atoms with Crippen molar-refractivity contribution < 1.29 is 5.21 Å². The average molecular weight is 340 g/mol. The van der Waals surface area contributed by atoms with Gasteiger partial charge >= 0.3 is 0 Å². The summed E-state index contributed by atoms with van der Waals surface area (Å²) in [6, 6.07) is 6.53. The van der Waals surface area contributed by atoms with Crippen molar-refractivity contribution in [3.05, 3.63) is 28.2 Å². The second-order valence-electron chi connectivity index (χ2n) is 5.76. The van der Waals surface area contributed by atoms with Crippen molar-refractivity contribution in [3.8, 4) is 0 Å². The molecule has 0 aromatic heterocycles. The zero-order valence-electron chi connectivity index (χ0n) is 12.0. The standard InChI is InChI=1S/C15H22BrN3O/c1-10(2)7-8-19(12-4-5-12)14-6-3-11(9-13(14)16)15(17)18-20/h3,6,9-10,12,20H,4-5,7-8H2,1-2H3,(H2,17,18). The molecule has 4 nitrogen and oxygen atoms in total. The van der Waals surface area contributed by atoms with E-state index in [1.54, 1.807) is 0 Å². The fourth-order valence-corrected chi connectivity index (χ4v) is 2.85. The number of hydrogen-bond donors (Lipinski definition) is 2. The smallest absolute Gasteiger partial charge is 0.170 e. The van der Waals surface area contributed by atoms with Crippen LogP contribution in [0.4, 0.5) is 5.69 Å². The molecule has 0 spiro atoms. The van der Waals surface area contributed by atoms with E-state index in [0.29, 0.717) is 12.0 Å². The predicted molar refractivity (Wildman–Crippen MR) is 86.5 cm³/mol. The van der Waals surface area contributed by atoms with Gasteiger partial charge < -0.3 is 15.8 Å². The summed E-state index contributed by atoms with van der Waals surface area (Å²) < 4.78 is 0.997. The molecule has 0 radical (unpaired) electrons. The van der Waals surface area contributed by atoms with Crippen LogP contribution >= 0.6 is 15.9 Å². The second-order valence-corrected chi connectivity index (χ2v) is 6.61. The Kier molecular flexibility index (Phi) is 4.91. The molecule has 2 rings (SSSR count). The van der Waals surface area contributed by atoms with Gasteiger partial charge in [-0.1, -0.05) is 19.0 Å². The normalized spacial score (nSPS) is 15.7. The number of nitrogens with zero attached hydrogens (tertiary/aromatic N) is 2. The first-order valence-electron chi connectivity index (χ1n) is 7.07. The highest BCUT2D eigenvalue weighted by molar-refractivity contribution is 9.10. The Bertz CT molecular complexity index is 498. The molecule has 20 heavy (non-hydrogen) atoms. The number of rotatable bonds is 6. The van der Waals surface area contributed by atoms with Crippen LogP contribution in [0.25, 0.3) is 0 Å². The van der Waals surface area contributed by atoms with Crippen molar-refractivity contribution in [1.82, 2.24) is 0 Å². The molecule has 0 bridgehead atoms. The van der Waals surface area contributed by atoms with Gasteiger partial charge in [0, 0.05) is 22.6 Å². The van der Waals surface area contributed by atoms with Gasteiger partial charge in [-0.2, -0.15) is 0 Å². The molecule has 1 aliphatic carbocycles. The van der Waals surface area contributed by atoms with E-state index in [-0.39, 0.29) is 5.84 Å². The maximum Gasteiger partial charge on any atom is 0.170 e. The Morgan fingerprint density at radius 2 is 2.20 bits per heavy atom. The van der Waals surface area contributed by atoms with Gasteiger partial charge in [0.1, 0.15) is 0 Å². The molecule has 0 atom stereocenters. The Labute approximate surface area is 128 Å². The molecule has 1 fully saturated rings. The van der Waals surface area contributed by atoms with Crippen LogP contribution in [0.1, 0.15) is 38.7 Å². The van der Waals surface area contributed by atoms with Crippen molar-refractivity contribution in [3.63, 3.8) is 0 Å². The van der Waals surface area contributed by atoms with E-state index in [2.05, 4.69) is 45.9 Å². The number of amidine groups is 1. The quantitative estimate of drug-likeness (QED) is 0.360. The van der Waals surface area contributed by atoms with Crippen LogP contribution in [0.2, 0.25) is 0 Å². The van der Waals surface area contributed by atoms with Gasteiger partial charge in [-0.25, -0.2) is 0 Å². The van der Waals surface area contributed by atoms with Gasteiger partial charge in [-0.05, 0) is 59.3 Å². The fraction of sp³-hybridized carbons (Fsp3) is 0.533.